The Morgan fingerprint density at radius 2 is 1.74 bits per heavy atom. The summed E-state index contributed by atoms with van der Waals surface area (Å²) in [6, 6.07) is 9.49. The number of fused-ring (bicyclic) bond motifs is 4. The molecule has 0 radical (unpaired) electrons. The molecule has 4 nitrogen and oxygen atoms in total. The van der Waals surface area contributed by atoms with E-state index in [0.717, 1.165) is 18.4 Å². The first-order valence-electron chi connectivity index (χ1n) is 7.98. The maximum atomic E-state index is 12.6. The first kappa shape index (κ1) is 14.2. The van der Waals surface area contributed by atoms with Crippen molar-refractivity contribution in [2.75, 3.05) is 7.11 Å². The van der Waals surface area contributed by atoms with Gasteiger partial charge in [-0.05, 0) is 48.2 Å². The number of esters is 2. The summed E-state index contributed by atoms with van der Waals surface area (Å²) in [5, 5.41) is 0. The quantitative estimate of drug-likeness (QED) is 0.788. The average Bonchev–Trinajstić information content (AvgIpc) is 3.19. The normalized spacial score (nSPS) is 36.1. The molecule has 4 heteroatoms. The lowest BCUT2D eigenvalue weighted by Gasteiger charge is -2.41. The van der Waals surface area contributed by atoms with Crippen molar-refractivity contribution < 1.29 is 19.1 Å². The number of hydrogen-bond donors (Lipinski definition) is 0. The van der Waals surface area contributed by atoms with Gasteiger partial charge in [-0.15, -0.1) is 0 Å². The molecule has 1 aromatic carbocycles. The van der Waals surface area contributed by atoms with E-state index in [9.17, 15) is 9.59 Å². The van der Waals surface area contributed by atoms with Crippen LogP contribution in [0.4, 0.5) is 0 Å². The molecule has 0 amide bonds. The number of benzene rings is 1. The third kappa shape index (κ3) is 2.21. The molecular weight excluding hydrogens is 292 g/mol. The van der Waals surface area contributed by atoms with Crippen LogP contribution in [-0.2, 0) is 19.1 Å². The molecule has 23 heavy (non-hydrogen) atoms. The van der Waals surface area contributed by atoms with Gasteiger partial charge in [0.1, 0.15) is 0 Å². The molecule has 2 aliphatic heterocycles. The van der Waals surface area contributed by atoms with Crippen LogP contribution in [0.1, 0.15) is 18.4 Å². The van der Waals surface area contributed by atoms with Crippen LogP contribution in [-0.4, -0.2) is 19.0 Å². The number of rotatable bonds is 2. The van der Waals surface area contributed by atoms with Crippen LogP contribution in [0.15, 0.2) is 48.2 Å². The number of ether oxygens (including phenoxy) is 2. The van der Waals surface area contributed by atoms with Gasteiger partial charge >= 0.3 is 11.9 Å². The Morgan fingerprint density at radius 1 is 1.09 bits per heavy atom. The van der Waals surface area contributed by atoms with Gasteiger partial charge in [0.15, 0.2) is 0 Å². The van der Waals surface area contributed by atoms with Crippen molar-refractivity contribution >= 4 is 17.5 Å². The molecule has 3 unspecified atom stereocenters. The van der Waals surface area contributed by atoms with Crippen molar-refractivity contribution in [2.24, 2.45) is 23.7 Å². The highest BCUT2D eigenvalue weighted by atomic mass is 16.6. The molecule has 6 rings (SSSR count). The molecule has 3 aliphatic carbocycles. The third-order valence-electron chi connectivity index (χ3n) is 5.41. The molecule has 0 aromatic heterocycles. The highest BCUT2D eigenvalue weighted by molar-refractivity contribution is 6.17. The van der Waals surface area contributed by atoms with E-state index < -0.39 is 11.9 Å². The summed E-state index contributed by atoms with van der Waals surface area (Å²) < 4.78 is 10.2. The zero-order valence-corrected chi connectivity index (χ0v) is 12.9. The molecule has 2 heterocycles. The van der Waals surface area contributed by atoms with Crippen LogP contribution in [0.3, 0.4) is 0 Å². The molecule has 0 N–H and O–H groups in total. The highest BCUT2D eigenvalue weighted by Gasteiger charge is 2.54. The Bertz CT molecular complexity index is 704. The third-order valence-corrected chi connectivity index (χ3v) is 5.41. The topological polar surface area (TPSA) is 52.6 Å². The molecule has 3 fully saturated rings. The Kier molecular flexibility index (Phi) is 3.33. The van der Waals surface area contributed by atoms with Crippen molar-refractivity contribution in [1.82, 2.24) is 0 Å². The second-order valence-corrected chi connectivity index (χ2v) is 6.42. The maximum absolute atomic E-state index is 12.6. The van der Waals surface area contributed by atoms with Crippen LogP contribution >= 0.6 is 0 Å². The van der Waals surface area contributed by atoms with E-state index in [1.807, 2.05) is 36.4 Å². The van der Waals surface area contributed by atoms with Gasteiger partial charge in [0.2, 0.25) is 5.76 Å². The van der Waals surface area contributed by atoms with E-state index in [1.165, 1.54) is 7.11 Å². The highest BCUT2D eigenvalue weighted by Crippen LogP contribution is 2.60. The van der Waals surface area contributed by atoms with E-state index >= 15 is 0 Å². The van der Waals surface area contributed by atoms with Crippen LogP contribution in [0.2, 0.25) is 0 Å². The van der Waals surface area contributed by atoms with Crippen molar-refractivity contribution in [3.8, 4) is 0 Å². The first-order valence-corrected chi connectivity index (χ1v) is 7.98. The van der Waals surface area contributed by atoms with Crippen molar-refractivity contribution in [3.05, 3.63) is 53.8 Å². The number of allylic oxidation sites excluding steroid dienone is 2. The fraction of sp³-hybridized carbons (Fsp3) is 0.368. The summed E-state index contributed by atoms with van der Waals surface area (Å²) >= 11 is 0. The molecule has 3 saturated carbocycles. The summed E-state index contributed by atoms with van der Waals surface area (Å²) in [6.45, 7) is 0. The minimum absolute atomic E-state index is 0.0292. The van der Waals surface area contributed by atoms with Gasteiger partial charge in [-0.1, -0.05) is 36.4 Å². The number of carbonyl (C=O) groups is 2. The average molecular weight is 310 g/mol. The maximum Gasteiger partial charge on any atom is 0.373 e. The Labute approximate surface area is 134 Å². The minimum Gasteiger partial charge on any atom is -0.463 e. The largest absolute Gasteiger partial charge is 0.463 e. The van der Waals surface area contributed by atoms with E-state index in [0.29, 0.717) is 29.2 Å². The van der Waals surface area contributed by atoms with E-state index in [-0.39, 0.29) is 5.76 Å². The van der Waals surface area contributed by atoms with Gasteiger partial charge in [-0.3, -0.25) is 0 Å². The van der Waals surface area contributed by atoms with Crippen LogP contribution in [0, 0.1) is 23.7 Å². The molecule has 4 atom stereocenters. The van der Waals surface area contributed by atoms with Crippen LogP contribution in [0.25, 0.3) is 5.57 Å². The summed E-state index contributed by atoms with van der Waals surface area (Å²) in [5.74, 6) is 0.655. The summed E-state index contributed by atoms with van der Waals surface area (Å²) in [7, 11) is 1.30. The lowest BCUT2D eigenvalue weighted by Crippen LogP contribution is -2.37. The molecule has 4 bridgehead atoms. The van der Waals surface area contributed by atoms with Crippen LogP contribution in [0.5, 0.6) is 0 Å². The zero-order chi connectivity index (χ0) is 16.0. The van der Waals surface area contributed by atoms with Gasteiger partial charge in [0, 0.05) is 0 Å². The second kappa shape index (κ2) is 5.37. The standard InChI is InChI=1S/C19H18O4/c1-22-19(21)17-10-16-12-7-8-13(16)15(12)9-14(18(20)23-17)11-5-3-2-4-6-11/h2-6,9-10,12-13,15-16H,7-8H2,1H3/b14-9-,17-10-/t12-,13?,15?,16?/m0/s1. The van der Waals surface area contributed by atoms with E-state index in [1.54, 1.807) is 0 Å². The van der Waals surface area contributed by atoms with Gasteiger partial charge in [0.05, 0.1) is 12.7 Å². The van der Waals surface area contributed by atoms with Gasteiger partial charge in [-0.2, -0.15) is 0 Å². The number of hydrogen-bond acceptors (Lipinski definition) is 4. The Morgan fingerprint density at radius 3 is 2.39 bits per heavy atom. The summed E-state index contributed by atoms with van der Waals surface area (Å²) in [5.41, 5.74) is 1.37. The number of carbonyl (C=O) groups excluding carboxylic acids is 2. The smallest absolute Gasteiger partial charge is 0.373 e. The predicted molar refractivity (Wildman–Crippen MR) is 83.8 cm³/mol. The predicted octanol–water partition coefficient (Wildman–Crippen LogP) is 2.96. The summed E-state index contributed by atoms with van der Waals surface area (Å²) in [4.78, 5) is 24.6. The van der Waals surface area contributed by atoms with Crippen LogP contribution < -0.4 is 0 Å². The fourth-order valence-electron chi connectivity index (χ4n) is 4.32. The molecule has 0 saturated heterocycles. The van der Waals surface area contributed by atoms with E-state index in [4.69, 9.17) is 9.47 Å². The fourth-order valence-corrected chi connectivity index (χ4v) is 4.32. The Hall–Kier alpha value is -2.36. The Balaban J connectivity index is 1.78. The van der Waals surface area contributed by atoms with E-state index in [2.05, 4.69) is 6.08 Å². The zero-order valence-electron chi connectivity index (χ0n) is 12.9. The lowest BCUT2D eigenvalue weighted by molar-refractivity contribution is -0.146. The molecule has 118 valence electrons. The molecule has 0 spiro atoms. The lowest BCUT2D eigenvalue weighted by atomic mass is 9.62. The molecular formula is C19H18O4. The molecule has 5 aliphatic rings. The summed E-state index contributed by atoms with van der Waals surface area (Å²) in [6.07, 6.45) is 6.14. The van der Waals surface area contributed by atoms with Crippen molar-refractivity contribution in [1.29, 1.82) is 0 Å². The van der Waals surface area contributed by atoms with Gasteiger partial charge in [0.25, 0.3) is 0 Å². The van der Waals surface area contributed by atoms with Gasteiger partial charge < -0.3 is 9.47 Å². The monoisotopic (exact) mass is 310 g/mol. The first-order chi connectivity index (χ1) is 11.2. The number of methoxy groups -OCH3 is 1. The van der Waals surface area contributed by atoms with Crippen molar-refractivity contribution in [3.63, 3.8) is 0 Å². The molecule has 1 aromatic rings. The minimum atomic E-state index is -0.587. The SMILES string of the molecule is COC(=O)/C1=C/C2C3CC[C@H]2C3/C=C(/c2ccccc2)C(=O)O1. The second-order valence-electron chi connectivity index (χ2n) is 6.42. The van der Waals surface area contributed by atoms with Gasteiger partial charge in [-0.25, -0.2) is 9.59 Å². The van der Waals surface area contributed by atoms with Crippen molar-refractivity contribution in [2.45, 2.75) is 12.8 Å².